The first kappa shape index (κ1) is 46.8. The van der Waals surface area contributed by atoms with E-state index in [2.05, 4.69) is 118 Å². The number of ether oxygens (including phenoxy) is 2. The maximum Gasteiger partial charge on any atom is 0.261 e. The second-order valence-corrected chi connectivity index (χ2v) is 20.0. The van der Waals surface area contributed by atoms with Crippen LogP contribution in [0.2, 0.25) is 0 Å². The summed E-state index contributed by atoms with van der Waals surface area (Å²) in [5, 5.41) is 5.65. The van der Waals surface area contributed by atoms with E-state index in [0.29, 0.717) is 26.1 Å². The molecule has 0 radical (unpaired) electrons. The minimum atomic E-state index is -4.23. The Bertz CT molecular complexity index is 1810. The Morgan fingerprint density at radius 2 is 0.929 bits per heavy atom. The molecule has 0 bridgehead atoms. The van der Waals surface area contributed by atoms with Gasteiger partial charge in [0.15, 0.2) is 0 Å². The fourth-order valence-electron chi connectivity index (χ4n) is 6.12. The molecule has 56 heavy (non-hydrogen) atoms. The monoisotopic (exact) mass is 810 g/mol. The van der Waals surface area contributed by atoms with Crippen molar-refractivity contribution in [2.75, 3.05) is 26.3 Å². The second kappa shape index (κ2) is 19.3. The van der Waals surface area contributed by atoms with Gasteiger partial charge in [0, 0.05) is 46.0 Å². The van der Waals surface area contributed by atoms with Gasteiger partial charge in [0.1, 0.15) is 11.5 Å². The van der Waals surface area contributed by atoms with E-state index in [4.69, 9.17) is 20.2 Å². The summed E-state index contributed by atoms with van der Waals surface area (Å²) in [6.07, 6.45) is 4.97. The van der Waals surface area contributed by atoms with E-state index in [9.17, 15) is 18.0 Å². The Labute approximate surface area is 342 Å². The summed E-state index contributed by atoms with van der Waals surface area (Å²) in [5.74, 6) is 0.619. The molecule has 3 aromatic rings. The average Bonchev–Trinajstić information content (AvgIpc) is 3.16. The highest BCUT2D eigenvalue weighted by atomic mass is 35.7. The number of hydrogen-bond donors (Lipinski definition) is 2. The van der Waals surface area contributed by atoms with Crippen molar-refractivity contribution in [3.63, 3.8) is 0 Å². The van der Waals surface area contributed by atoms with Crippen LogP contribution >= 0.6 is 10.7 Å². The highest BCUT2D eigenvalue weighted by Gasteiger charge is 2.28. The zero-order valence-electron chi connectivity index (χ0n) is 36.0. The van der Waals surface area contributed by atoms with Crippen LogP contribution in [0.5, 0.6) is 11.5 Å². The number of benzene rings is 3. The fourth-order valence-corrected chi connectivity index (χ4v) is 6.92. The molecule has 0 atom stereocenters. The topological polar surface area (TPSA) is 111 Å². The van der Waals surface area contributed by atoms with Crippen molar-refractivity contribution in [2.45, 2.75) is 148 Å². The number of rotatable bonds is 21. The van der Waals surface area contributed by atoms with Crippen molar-refractivity contribution in [2.24, 2.45) is 0 Å². The van der Waals surface area contributed by atoms with Crippen molar-refractivity contribution < 1.29 is 27.5 Å². The molecule has 0 saturated heterocycles. The molecule has 0 aliphatic rings. The predicted molar refractivity (Wildman–Crippen MR) is 231 cm³/mol. The van der Waals surface area contributed by atoms with Gasteiger partial charge in [-0.25, -0.2) is 8.42 Å². The first-order valence-electron chi connectivity index (χ1n) is 20.2. The Hall–Kier alpha value is -3.56. The number of hydrogen-bond acceptors (Lipinski definition) is 6. The molecular formula is C46H67ClN2O6S. The van der Waals surface area contributed by atoms with Crippen LogP contribution in [0.15, 0.2) is 59.5 Å². The van der Waals surface area contributed by atoms with E-state index < -0.39 is 20.9 Å². The summed E-state index contributed by atoms with van der Waals surface area (Å²) in [5.41, 5.74) is 4.84. The molecule has 0 unspecified atom stereocenters. The molecule has 3 aromatic carbocycles. The maximum atomic E-state index is 13.2. The minimum Gasteiger partial charge on any atom is -0.493 e. The maximum absolute atomic E-state index is 13.2. The first-order chi connectivity index (χ1) is 26.0. The van der Waals surface area contributed by atoms with Crippen molar-refractivity contribution in [3.05, 3.63) is 88.0 Å². The van der Waals surface area contributed by atoms with Gasteiger partial charge in [0.05, 0.1) is 18.1 Å². The third-order valence-corrected chi connectivity index (χ3v) is 13.3. The smallest absolute Gasteiger partial charge is 0.261 e. The van der Waals surface area contributed by atoms with E-state index in [1.165, 1.54) is 29.3 Å². The summed E-state index contributed by atoms with van der Waals surface area (Å²) in [6.45, 7) is 27.9. The van der Waals surface area contributed by atoms with E-state index in [1.807, 2.05) is 12.1 Å². The molecular weight excluding hydrogens is 744 g/mol. The van der Waals surface area contributed by atoms with Gasteiger partial charge in [-0.1, -0.05) is 107 Å². The van der Waals surface area contributed by atoms with Gasteiger partial charge in [0.25, 0.3) is 20.9 Å². The zero-order chi connectivity index (χ0) is 42.1. The lowest BCUT2D eigenvalue weighted by molar-refractivity contribution is 0.0950. The van der Waals surface area contributed by atoms with Crippen LogP contribution in [-0.4, -0.2) is 46.5 Å². The average molecular weight is 812 g/mol. The van der Waals surface area contributed by atoms with E-state index in [0.717, 1.165) is 48.3 Å². The second-order valence-electron chi connectivity index (χ2n) is 17.5. The van der Waals surface area contributed by atoms with Gasteiger partial charge >= 0.3 is 0 Å². The number of carbonyl (C=O) groups is 2. The summed E-state index contributed by atoms with van der Waals surface area (Å²) >= 11 is 0. The van der Waals surface area contributed by atoms with Crippen LogP contribution in [-0.2, 0) is 30.7 Å². The molecule has 0 heterocycles. The van der Waals surface area contributed by atoms with Crippen molar-refractivity contribution >= 4 is 31.5 Å². The van der Waals surface area contributed by atoms with Crippen molar-refractivity contribution in [1.82, 2.24) is 10.6 Å². The van der Waals surface area contributed by atoms with Gasteiger partial charge < -0.3 is 20.1 Å². The van der Waals surface area contributed by atoms with Crippen LogP contribution in [0.3, 0.4) is 0 Å². The molecule has 0 aliphatic heterocycles. The third-order valence-electron chi connectivity index (χ3n) is 12.0. The Kier molecular flexibility index (Phi) is 16.1. The van der Waals surface area contributed by atoms with Crippen LogP contribution in [0.25, 0.3) is 0 Å². The fraction of sp³-hybridized carbons (Fsp3) is 0.565. The van der Waals surface area contributed by atoms with E-state index in [1.54, 1.807) is 0 Å². The lowest BCUT2D eigenvalue weighted by Gasteiger charge is -2.30. The van der Waals surface area contributed by atoms with Crippen LogP contribution in [0.4, 0.5) is 0 Å². The number of halogens is 1. The Balaban J connectivity index is 1.63. The highest BCUT2D eigenvalue weighted by molar-refractivity contribution is 8.13. The molecule has 2 amide bonds. The number of carbonyl (C=O) groups excluding carboxylic acids is 2. The Morgan fingerprint density at radius 1 is 0.571 bits per heavy atom. The van der Waals surface area contributed by atoms with Crippen LogP contribution in [0.1, 0.15) is 165 Å². The van der Waals surface area contributed by atoms with Crippen molar-refractivity contribution in [1.29, 1.82) is 0 Å². The van der Waals surface area contributed by atoms with Gasteiger partial charge in [0.2, 0.25) is 0 Å². The van der Waals surface area contributed by atoms with Crippen molar-refractivity contribution in [3.8, 4) is 11.5 Å². The van der Waals surface area contributed by atoms with Gasteiger partial charge in [-0.2, -0.15) is 0 Å². The van der Waals surface area contributed by atoms with Gasteiger partial charge in [-0.05, 0) is 102 Å². The summed E-state index contributed by atoms with van der Waals surface area (Å²) in [7, 11) is 1.46. The summed E-state index contributed by atoms with van der Waals surface area (Å²) in [4.78, 5) is 26.1. The largest absolute Gasteiger partial charge is 0.493 e. The lowest BCUT2D eigenvalue weighted by Crippen LogP contribution is -2.28. The minimum absolute atomic E-state index is 0.0167. The normalized spacial score (nSPS) is 12.7. The molecule has 0 saturated carbocycles. The third kappa shape index (κ3) is 12.2. The van der Waals surface area contributed by atoms with Gasteiger partial charge in [-0.3, -0.25) is 9.59 Å². The summed E-state index contributed by atoms with van der Waals surface area (Å²) in [6, 6.07) is 16.6. The number of nitrogens with one attached hydrogen (secondary N) is 2. The lowest BCUT2D eigenvalue weighted by atomic mass is 9.76. The quantitative estimate of drug-likeness (QED) is 0.0819. The predicted octanol–water partition coefficient (Wildman–Crippen LogP) is 10.8. The highest BCUT2D eigenvalue weighted by Crippen LogP contribution is 2.40. The summed E-state index contributed by atoms with van der Waals surface area (Å²) < 4.78 is 37.2. The molecule has 2 N–H and O–H groups in total. The molecule has 0 aliphatic carbocycles. The molecule has 0 aromatic heterocycles. The van der Waals surface area contributed by atoms with Gasteiger partial charge in [-0.15, -0.1) is 0 Å². The van der Waals surface area contributed by atoms with E-state index >= 15 is 0 Å². The molecule has 3 rings (SSSR count). The molecule has 8 nitrogen and oxygen atoms in total. The first-order valence-corrected chi connectivity index (χ1v) is 22.6. The standard InChI is InChI=1S/C46H67ClN2O6S/c1-13-43(5,6)34-19-21-39(37(30-34)45(9,10)15-3)54-25-17-23-48-41(50)32-27-33(29-36(28-32)56(47,52)53)42(51)49-24-18-26-55-40-22-20-35(44(7,8)14-2)31-38(40)46(11,12)16-4/h19-22,27-31H,13-18,23-26H2,1-12H3,(H,48,50)(H,49,51). The molecule has 310 valence electrons. The number of amides is 2. The van der Waals surface area contributed by atoms with E-state index in [-0.39, 0.29) is 50.8 Å². The Morgan fingerprint density at radius 3 is 1.25 bits per heavy atom. The van der Waals surface area contributed by atoms with Crippen LogP contribution < -0.4 is 20.1 Å². The zero-order valence-corrected chi connectivity index (χ0v) is 37.6. The SMILES string of the molecule is CCC(C)(C)c1ccc(OCCCNC(=O)c2cc(C(=O)NCCCOc3ccc(C(C)(C)CC)cc3C(C)(C)CC)cc(S(=O)(=O)Cl)c2)c(C(C)(C)CC)c1. The molecule has 0 fully saturated rings. The molecule has 10 heteroatoms. The van der Waals surface area contributed by atoms with Crippen LogP contribution in [0, 0.1) is 0 Å². The molecule has 0 spiro atoms.